The summed E-state index contributed by atoms with van der Waals surface area (Å²) in [7, 11) is 0. The Balaban J connectivity index is 2.08. The third-order valence-corrected chi connectivity index (χ3v) is 4.33. The second-order valence-corrected chi connectivity index (χ2v) is 6.30. The van der Waals surface area contributed by atoms with Gasteiger partial charge in [0.25, 0.3) is 0 Å². The van der Waals surface area contributed by atoms with Gasteiger partial charge in [0.05, 0.1) is 26.4 Å². The number of amides is 2. The number of carbonyl (C=O) groups excluding carboxylic acids is 3. The van der Waals surface area contributed by atoms with E-state index in [9.17, 15) is 14.4 Å². The molecule has 0 radical (unpaired) electrons. The molecule has 0 aromatic heterocycles. The van der Waals surface area contributed by atoms with E-state index >= 15 is 0 Å². The Morgan fingerprint density at radius 3 is 2.35 bits per heavy atom. The first-order valence-corrected chi connectivity index (χ1v) is 8.78. The van der Waals surface area contributed by atoms with E-state index in [4.69, 9.17) is 7.80 Å². The standard InChI is InChI=1S/C15H25IN2O5/c1-11(19)12-2-4-13(5-3-12)18-15(21)10-17-14(20)6-7-22-8-9-23-16/h12-13H,2-10H2,1H3,(H,17,20)(H,18,21)/t12-,13+. The van der Waals surface area contributed by atoms with Crippen LogP contribution in [0.2, 0.25) is 0 Å². The van der Waals surface area contributed by atoms with Crippen molar-refractivity contribution in [3.8, 4) is 0 Å². The molecule has 1 fully saturated rings. The first kappa shape index (κ1) is 20.3. The van der Waals surface area contributed by atoms with E-state index in [-0.39, 0.29) is 42.5 Å². The predicted octanol–water partition coefficient (Wildman–Crippen LogP) is 1.14. The Morgan fingerprint density at radius 2 is 1.74 bits per heavy atom. The largest absolute Gasteiger partial charge is 0.378 e. The number of nitrogens with one attached hydrogen (secondary N) is 2. The highest BCUT2D eigenvalue weighted by Gasteiger charge is 2.24. The summed E-state index contributed by atoms with van der Waals surface area (Å²) in [6, 6.07) is 0.103. The molecule has 1 rings (SSSR count). The molecule has 0 aromatic rings. The van der Waals surface area contributed by atoms with Crippen molar-refractivity contribution in [2.45, 2.75) is 45.1 Å². The van der Waals surface area contributed by atoms with Crippen LogP contribution in [0, 0.1) is 5.92 Å². The van der Waals surface area contributed by atoms with Crippen LogP contribution in [-0.2, 0) is 22.2 Å². The van der Waals surface area contributed by atoms with Crippen molar-refractivity contribution in [1.29, 1.82) is 0 Å². The summed E-state index contributed by atoms with van der Waals surface area (Å²) in [4.78, 5) is 34.7. The molecule has 0 heterocycles. The third kappa shape index (κ3) is 9.21. The monoisotopic (exact) mass is 440 g/mol. The topological polar surface area (TPSA) is 93.7 Å². The van der Waals surface area contributed by atoms with Crippen LogP contribution >= 0.6 is 23.0 Å². The number of ether oxygens (including phenoxy) is 1. The predicted molar refractivity (Wildman–Crippen MR) is 93.0 cm³/mol. The van der Waals surface area contributed by atoms with E-state index in [2.05, 4.69) is 10.6 Å². The fourth-order valence-corrected chi connectivity index (χ4v) is 2.73. The Labute approximate surface area is 150 Å². The van der Waals surface area contributed by atoms with E-state index in [1.165, 1.54) is 0 Å². The van der Waals surface area contributed by atoms with Gasteiger partial charge in [-0.1, -0.05) is 0 Å². The number of rotatable bonds is 10. The van der Waals surface area contributed by atoms with E-state index < -0.39 is 0 Å². The Bertz CT molecular complexity index is 397. The average molecular weight is 440 g/mol. The van der Waals surface area contributed by atoms with Crippen LogP contribution in [0.3, 0.4) is 0 Å². The molecule has 0 unspecified atom stereocenters. The highest BCUT2D eigenvalue weighted by Crippen LogP contribution is 2.24. The van der Waals surface area contributed by atoms with Crippen LogP contribution in [0.25, 0.3) is 0 Å². The van der Waals surface area contributed by atoms with Crippen molar-refractivity contribution >= 4 is 40.6 Å². The van der Waals surface area contributed by atoms with Crippen LogP contribution in [0.5, 0.6) is 0 Å². The minimum absolute atomic E-state index is 0.0255. The lowest BCUT2D eigenvalue weighted by molar-refractivity contribution is -0.127. The lowest BCUT2D eigenvalue weighted by Crippen LogP contribution is -2.43. The van der Waals surface area contributed by atoms with Crippen molar-refractivity contribution in [2.24, 2.45) is 5.92 Å². The summed E-state index contributed by atoms with van der Waals surface area (Å²) >= 11 is 1.78. The second-order valence-electron chi connectivity index (χ2n) is 5.68. The minimum Gasteiger partial charge on any atom is -0.378 e. The van der Waals surface area contributed by atoms with Gasteiger partial charge < -0.3 is 18.4 Å². The molecule has 2 amide bonds. The van der Waals surface area contributed by atoms with Crippen LogP contribution in [0.4, 0.5) is 0 Å². The van der Waals surface area contributed by atoms with Crippen molar-refractivity contribution < 1.29 is 22.2 Å². The number of carbonyl (C=O) groups is 3. The lowest BCUT2D eigenvalue weighted by atomic mass is 9.84. The molecular formula is C15H25IN2O5. The van der Waals surface area contributed by atoms with Gasteiger partial charge >= 0.3 is 0 Å². The molecule has 0 aromatic carbocycles. The van der Waals surface area contributed by atoms with Crippen molar-refractivity contribution in [1.82, 2.24) is 10.6 Å². The maximum Gasteiger partial charge on any atom is 0.239 e. The fourth-order valence-electron chi connectivity index (χ4n) is 2.55. The first-order valence-electron chi connectivity index (χ1n) is 7.90. The van der Waals surface area contributed by atoms with Crippen molar-refractivity contribution in [2.75, 3.05) is 26.4 Å². The average Bonchev–Trinajstić information content (AvgIpc) is 2.53. The summed E-state index contributed by atoms with van der Waals surface area (Å²) in [6.07, 6.45) is 3.50. The van der Waals surface area contributed by atoms with Gasteiger partial charge in [-0.3, -0.25) is 14.4 Å². The SMILES string of the molecule is CC(=O)[C@H]1CC[C@@H](NC(=O)CNC(=O)CCOCCOI)CC1. The molecule has 2 N–H and O–H groups in total. The highest BCUT2D eigenvalue weighted by atomic mass is 127. The molecule has 7 nitrogen and oxygen atoms in total. The fraction of sp³-hybridized carbons (Fsp3) is 0.800. The molecule has 23 heavy (non-hydrogen) atoms. The van der Waals surface area contributed by atoms with Gasteiger partial charge in [-0.2, -0.15) is 0 Å². The second kappa shape index (κ2) is 11.7. The van der Waals surface area contributed by atoms with Gasteiger partial charge in [0.1, 0.15) is 28.8 Å². The molecule has 1 aliphatic rings. The Hall–Kier alpha value is -0.740. The van der Waals surface area contributed by atoms with Gasteiger partial charge in [-0.25, -0.2) is 0 Å². The zero-order valence-corrected chi connectivity index (χ0v) is 15.6. The molecule has 8 heteroatoms. The number of hydrogen-bond acceptors (Lipinski definition) is 5. The lowest BCUT2D eigenvalue weighted by Gasteiger charge is -2.27. The van der Waals surface area contributed by atoms with Crippen LogP contribution in [0.15, 0.2) is 0 Å². The zero-order chi connectivity index (χ0) is 17.1. The Kier molecular flexibility index (Phi) is 10.4. The van der Waals surface area contributed by atoms with Gasteiger partial charge in [-0.15, -0.1) is 0 Å². The first-order chi connectivity index (χ1) is 11.0. The highest BCUT2D eigenvalue weighted by molar-refractivity contribution is 14.1. The smallest absolute Gasteiger partial charge is 0.239 e. The number of Topliss-reactive ketones (excluding diaryl/α,β-unsaturated/α-hetero) is 1. The Morgan fingerprint density at radius 1 is 1.04 bits per heavy atom. The van der Waals surface area contributed by atoms with Gasteiger partial charge in [-0.05, 0) is 32.6 Å². The van der Waals surface area contributed by atoms with Gasteiger partial charge in [0, 0.05) is 18.4 Å². The van der Waals surface area contributed by atoms with Crippen LogP contribution in [-0.4, -0.2) is 50.0 Å². The van der Waals surface area contributed by atoms with E-state index in [1.54, 1.807) is 29.9 Å². The molecule has 1 aliphatic carbocycles. The third-order valence-electron chi connectivity index (χ3n) is 3.89. The minimum atomic E-state index is -0.212. The molecule has 0 bridgehead atoms. The molecule has 132 valence electrons. The maximum atomic E-state index is 11.8. The normalized spacial score (nSPS) is 20.8. The van der Waals surface area contributed by atoms with Gasteiger partial charge in [0.15, 0.2) is 0 Å². The van der Waals surface area contributed by atoms with E-state index in [0.717, 1.165) is 25.7 Å². The molecule has 0 saturated heterocycles. The molecule has 0 aliphatic heterocycles. The van der Waals surface area contributed by atoms with E-state index in [0.29, 0.717) is 19.8 Å². The van der Waals surface area contributed by atoms with Gasteiger partial charge in [0.2, 0.25) is 11.8 Å². The van der Waals surface area contributed by atoms with Crippen molar-refractivity contribution in [3.05, 3.63) is 0 Å². The summed E-state index contributed by atoms with van der Waals surface area (Å²) < 4.78 is 9.98. The summed E-state index contributed by atoms with van der Waals surface area (Å²) in [5.41, 5.74) is 0. The molecule has 1 saturated carbocycles. The van der Waals surface area contributed by atoms with Crippen LogP contribution < -0.4 is 10.6 Å². The van der Waals surface area contributed by atoms with Crippen LogP contribution in [0.1, 0.15) is 39.0 Å². The van der Waals surface area contributed by atoms with E-state index in [1.807, 2.05) is 0 Å². The summed E-state index contributed by atoms with van der Waals surface area (Å²) in [5, 5.41) is 5.48. The summed E-state index contributed by atoms with van der Waals surface area (Å²) in [5.74, 6) is -0.0329. The number of hydrogen-bond donors (Lipinski definition) is 2. The summed E-state index contributed by atoms with van der Waals surface area (Å²) in [6.45, 7) is 2.83. The number of halogens is 1. The quantitative estimate of drug-likeness (QED) is 0.393. The number of ketones is 1. The maximum absolute atomic E-state index is 11.8. The molecule has 0 spiro atoms. The zero-order valence-electron chi connectivity index (χ0n) is 13.4. The molecular weight excluding hydrogens is 415 g/mol. The van der Waals surface area contributed by atoms with Crippen molar-refractivity contribution in [3.63, 3.8) is 0 Å². The molecule has 0 atom stereocenters.